The van der Waals surface area contributed by atoms with Gasteiger partial charge in [0.05, 0.1) is 37.4 Å². The van der Waals surface area contributed by atoms with Crippen LogP contribution in [0.1, 0.15) is 31.7 Å². The molecule has 3 N–H and O–H groups in total. The number of rotatable bonds is 7. The number of nitrogens with zero attached hydrogens (tertiary/aromatic N) is 3. The summed E-state index contributed by atoms with van der Waals surface area (Å²) in [5.41, 5.74) is 0.277. The van der Waals surface area contributed by atoms with E-state index in [9.17, 15) is 24.3 Å². The topological polar surface area (TPSA) is 123 Å². The van der Waals surface area contributed by atoms with Gasteiger partial charge < -0.3 is 34.7 Å². The number of likely N-dealkylation sites (tertiary alicyclic amines) is 1. The van der Waals surface area contributed by atoms with Crippen LogP contribution >= 0.6 is 0 Å². The highest BCUT2D eigenvalue weighted by atomic mass is 28.4. The van der Waals surface area contributed by atoms with E-state index in [0.717, 1.165) is 12.8 Å². The van der Waals surface area contributed by atoms with E-state index in [1.807, 2.05) is 38.2 Å². The predicted octanol–water partition coefficient (Wildman–Crippen LogP) is 1.33. The molecule has 5 rings (SSSR count). The van der Waals surface area contributed by atoms with Crippen molar-refractivity contribution in [3.8, 4) is 0 Å². The van der Waals surface area contributed by atoms with Crippen LogP contribution in [0.3, 0.4) is 0 Å². The number of aliphatic hydroxyl groups is 1. The number of anilines is 2. The van der Waals surface area contributed by atoms with Crippen LogP contribution in [0.2, 0.25) is 18.6 Å². The number of carbonyl (C=O) groups excluding carboxylic acids is 3. The first-order valence-corrected chi connectivity index (χ1v) is 17.0. The summed E-state index contributed by atoms with van der Waals surface area (Å²) in [6.45, 7) is 11.7. The van der Waals surface area contributed by atoms with Gasteiger partial charge in [-0.25, -0.2) is 0 Å². The van der Waals surface area contributed by atoms with Crippen LogP contribution in [0.5, 0.6) is 0 Å². The van der Waals surface area contributed by atoms with Gasteiger partial charge in [-0.1, -0.05) is 13.0 Å². The average molecular weight is 557 g/mol. The molecule has 4 aliphatic rings. The highest BCUT2D eigenvalue weighted by molar-refractivity contribution is 6.71. The van der Waals surface area contributed by atoms with Gasteiger partial charge in [0.25, 0.3) is 5.91 Å². The Morgan fingerprint density at radius 1 is 1.31 bits per heavy atom. The quantitative estimate of drug-likeness (QED) is 0.342. The zero-order valence-corrected chi connectivity index (χ0v) is 24.1. The van der Waals surface area contributed by atoms with Crippen molar-refractivity contribution in [1.82, 2.24) is 10.2 Å². The number of nitrogens with one attached hydrogen (secondary N) is 1. The van der Waals surface area contributed by atoms with Gasteiger partial charge >= 0.3 is 0 Å². The number of ether oxygens (including phenoxy) is 1. The molecule has 0 radical (unpaired) electrons. The molecule has 3 amide bonds. The Bertz CT molecular complexity index is 1170. The third kappa shape index (κ3) is 4.54. The Hall–Kier alpha value is -2.57. The molecule has 1 spiro atoms. The van der Waals surface area contributed by atoms with Crippen LogP contribution in [-0.4, -0.2) is 92.3 Å². The number of aliphatic hydroxyl groups excluding tert-OH is 1. The van der Waals surface area contributed by atoms with Crippen LogP contribution < -0.4 is 15.1 Å². The van der Waals surface area contributed by atoms with Crippen LogP contribution in [0.15, 0.2) is 30.9 Å². The highest BCUT2D eigenvalue weighted by Crippen LogP contribution is 2.60. The number of hydrogen-bond acceptors (Lipinski definition) is 7. The van der Waals surface area contributed by atoms with E-state index in [4.69, 9.17) is 4.74 Å². The molecule has 0 aromatic heterocycles. The fourth-order valence-electron chi connectivity index (χ4n) is 7.27. The number of carbonyl (C=O) groups is 3. The van der Waals surface area contributed by atoms with E-state index in [0.29, 0.717) is 36.6 Å². The monoisotopic (exact) mass is 556 g/mol. The van der Waals surface area contributed by atoms with Gasteiger partial charge in [0.1, 0.15) is 0 Å². The van der Waals surface area contributed by atoms with Crippen LogP contribution in [-0.2, 0) is 24.7 Å². The summed E-state index contributed by atoms with van der Waals surface area (Å²) in [6.07, 6.45) is 2.63. The SMILES string of the molecule is C=CCN1C(=O)[C@@]2(O[C@@H](CC(=O)N3CCC[C@H]3CO)[C@H]([Si](C)(C)O)[C@H]2C)c2cc(N3CCNCC3=O)ccc21. The normalized spacial score (nSPS) is 30.9. The maximum Gasteiger partial charge on any atom is 0.264 e. The molecule has 10 nitrogen and oxygen atoms in total. The van der Waals surface area contributed by atoms with Crippen LogP contribution in [0.25, 0.3) is 0 Å². The average Bonchev–Trinajstić information content (AvgIpc) is 3.55. The molecule has 0 unspecified atom stereocenters. The molecule has 5 atom stereocenters. The fourth-order valence-corrected chi connectivity index (χ4v) is 9.82. The van der Waals surface area contributed by atoms with Crippen LogP contribution in [0, 0.1) is 5.92 Å². The smallest absolute Gasteiger partial charge is 0.264 e. The number of hydrogen-bond donors (Lipinski definition) is 3. The van der Waals surface area contributed by atoms with Gasteiger partial charge in [-0.3, -0.25) is 14.4 Å². The Labute approximate surface area is 230 Å². The fraction of sp³-hybridized carbons (Fsp3) is 0.607. The van der Waals surface area contributed by atoms with E-state index in [-0.39, 0.29) is 55.4 Å². The second-order valence-corrected chi connectivity index (χ2v) is 15.7. The van der Waals surface area contributed by atoms with Gasteiger partial charge in [-0.05, 0) is 44.1 Å². The van der Waals surface area contributed by atoms with Gasteiger partial charge in [0.15, 0.2) is 13.9 Å². The first-order chi connectivity index (χ1) is 18.5. The zero-order chi connectivity index (χ0) is 28.1. The lowest BCUT2D eigenvalue weighted by atomic mass is 9.82. The highest BCUT2D eigenvalue weighted by Gasteiger charge is 2.66. The summed E-state index contributed by atoms with van der Waals surface area (Å²) in [4.78, 5) is 57.0. The summed E-state index contributed by atoms with van der Waals surface area (Å²) in [6, 6.07) is 5.39. The predicted molar refractivity (Wildman–Crippen MR) is 150 cm³/mol. The first kappa shape index (κ1) is 28.0. The standard InChI is InChI=1S/C28H40N4O6Si/c1-5-11-32-22-9-8-19(31-13-10-29-16-25(31)35)14-21(22)28(27(32)36)18(2)26(39(3,4)37)23(38-28)15-24(34)30-12-6-7-20(30)17-33/h5,8-9,14,18,20,23,26,29,33,37H,1,6-7,10-13,15-17H2,2-4H3/t18-,20+,23+,26-,28+/m1/s1. The van der Waals surface area contributed by atoms with Crippen molar-refractivity contribution >= 4 is 37.4 Å². The Kier molecular flexibility index (Phi) is 7.49. The molecule has 212 valence electrons. The van der Waals surface area contributed by atoms with Crippen molar-refractivity contribution in [2.45, 2.75) is 62.6 Å². The van der Waals surface area contributed by atoms with Crippen LogP contribution in [0.4, 0.5) is 11.4 Å². The third-order valence-electron chi connectivity index (χ3n) is 8.96. The van der Waals surface area contributed by atoms with E-state index in [2.05, 4.69) is 11.9 Å². The van der Waals surface area contributed by atoms with Crippen molar-refractivity contribution in [1.29, 1.82) is 0 Å². The number of piperazine rings is 1. The molecule has 3 fully saturated rings. The lowest BCUT2D eigenvalue weighted by Crippen LogP contribution is -2.48. The molecule has 0 bridgehead atoms. The van der Waals surface area contributed by atoms with Gasteiger partial charge in [-0.2, -0.15) is 0 Å². The largest absolute Gasteiger partial charge is 0.432 e. The number of amides is 3. The summed E-state index contributed by atoms with van der Waals surface area (Å²) < 4.78 is 6.77. The second-order valence-electron chi connectivity index (χ2n) is 11.8. The summed E-state index contributed by atoms with van der Waals surface area (Å²) >= 11 is 0. The molecule has 39 heavy (non-hydrogen) atoms. The maximum absolute atomic E-state index is 14.3. The molecule has 3 saturated heterocycles. The summed E-state index contributed by atoms with van der Waals surface area (Å²) in [7, 11) is -2.93. The van der Waals surface area contributed by atoms with Gasteiger partial charge in [0.2, 0.25) is 11.8 Å². The lowest BCUT2D eigenvalue weighted by molar-refractivity contribution is -0.149. The molecule has 4 heterocycles. The van der Waals surface area contributed by atoms with Crippen molar-refractivity contribution in [3.05, 3.63) is 36.4 Å². The second kappa shape index (κ2) is 10.4. The minimum Gasteiger partial charge on any atom is -0.432 e. The van der Waals surface area contributed by atoms with Crippen molar-refractivity contribution in [3.63, 3.8) is 0 Å². The van der Waals surface area contributed by atoms with E-state index in [1.54, 1.807) is 20.8 Å². The molecular formula is C28H40N4O6Si. The van der Waals surface area contributed by atoms with Crippen molar-refractivity contribution in [2.24, 2.45) is 5.92 Å². The minimum atomic E-state index is -2.93. The lowest BCUT2D eigenvalue weighted by Gasteiger charge is -2.33. The zero-order valence-electron chi connectivity index (χ0n) is 23.1. The molecule has 0 aliphatic carbocycles. The Balaban J connectivity index is 1.57. The molecule has 4 aliphatic heterocycles. The summed E-state index contributed by atoms with van der Waals surface area (Å²) in [5.74, 6) is -0.819. The number of benzene rings is 1. The molecule has 11 heteroatoms. The van der Waals surface area contributed by atoms with Gasteiger partial charge in [-0.15, -0.1) is 6.58 Å². The first-order valence-electron chi connectivity index (χ1n) is 13.9. The van der Waals surface area contributed by atoms with E-state index < -0.39 is 25.9 Å². The third-order valence-corrected chi connectivity index (χ3v) is 11.5. The van der Waals surface area contributed by atoms with Gasteiger partial charge in [0, 0.05) is 48.9 Å². The van der Waals surface area contributed by atoms with Crippen molar-refractivity contribution < 1.29 is 29.0 Å². The molecular weight excluding hydrogens is 516 g/mol. The van der Waals surface area contributed by atoms with Crippen molar-refractivity contribution in [2.75, 3.05) is 49.1 Å². The number of fused-ring (bicyclic) bond motifs is 2. The Morgan fingerprint density at radius 2 is 2.08 bits per heavy atom. The molecule has 1 aromatic rings. The minimum absolute atomic E-state index is 0.0320. The molecule has 1 aromatic carbocycles. The van der Waals surface area contributed by atoms with E-state index >= 15 is 0 Å². The Morgan fingerprint density at radius 3 is 2.74 bits per heavy atom. The maximum atomic E-state index is 14.3. The van der Waals surface area contributed by atoms with E-state index in [1.165, 1.54) is 0 Å². The molecule has 0 saturated carbocycles. The summed E-state index contributed by atoms with van der Waals surface area (Å²) in [5, 5.41) is 12.9.